The smallest absolute Gasteiger partial charge is 0.238 e. The number of carbonyl (C=O) groups is 1. The fraction of sp³-hybridized carbons (Fsp3) is 0.667. The van der Waals surface area contributed by atoms with Gasteiger partial charge in [0.2, 0.25) is 5.91 Å². The summed E-state index contributed by atoms with van der Waals surface area (Å²) in [7, 11) is 1.63. The molecule has 0 unspecified atom stereocenters. The number of nitrogens with zero attached hydrogens (tertiary/aromatic N) is 3. The van der Waals surface area contributed by atoms with E-state index >= 15 is 0 Å². The highest BCUT2D eigenvalue weighted by Gasteiger charge is 2.30. The Hall–Kier alpha value is -1.57. The van der Waals surface area contributed by atoms with Crippen LogP contribution in [-0.4, -0.2) is 59.6 Å². The molecule has 2 N–H and O–H groups in total. The molecule has 0 spiro atoms. The lowest BCUT2D eigenvalue weighted by atomic mass is 10.1. The third kappa shape index (κ3) is 4.22. The van der Waals surface area contributed by atoms with E-state index in [4.69, 9.17) is 4.74 Å². The van der Waals surface area contributed by atoms with Crippen molar-refractivity contribution in [3.63, 3.8) is 0 Å². The maximum absolute atomic E-state index is 12.1. The molecule has 2 aliphatic rings. The van der Waals surface area contributed by atoms with Crippen LogP contribution in [0.25, 0.3) is 0 Å². The first-order valence-electron chi connectivity index (χ1n) is 7.79. The Morgan fingerprint density at radius 2 is 2.23 bits per heavy atom. The summed E-state index contributed by atoms with van der Waals surface area (Å²) in [6.07, 6.45) is 5.91. The monoisotopic (exact) mass is 305 g/mol. The summed E-state index contributed by atoms with van der Waals surface area (Å²) in [5.41, 5.74) is 1.06. The van der Waals surface area contributed by atoms with Crippen LogP contribution >= 0.6 is 0 Å². The zero-order chi connectivity index (χ0) is 15.4. The number of hydrogen-bond donors (Lipinski definition) is 2. The lowest BCUT2D eigenvalue weighted by Gasteiger charge is -2.32. The van der Waals surface area contributed by atoms with Gasteiger partial charge in [-0.15, -0.1) is 0 Å². The average molecular weight is 305 g/mol. The molecule has 0 bridgehead atoms. The molecule has 0 radical (unpaired) electrons. The van der Waals surface area contributed by atoms with E-state index in [2.05, 4.69) is 25.5 Å². The van der Waals surface area contributed by atoms with E-state index in [-0.39, 0.29) is 11.9 Å². The van der Waals surface area contributed by atoms with Crippen molar-refractivity contribution < 1.29 is 9.53 Å². The summed E-state index contributed by atoms with van der Waals surface area (Å²) in [5, 5.41) is 6.35. The van der Waals surface area contributed by atoms with Gasteiger partial charge in [0.1, 0.15) is 6.61 Å². The molecule has 1 aromatic rings. The third-order valence-corrected chi connectivity index (χ3v) is 3.94. The number of carbonyl (C=O) groups excluding carboxylic acids is 1. The second-order valence-corrected chi connectivity index (χ2v) is 5.97. The second-order valence-electron chi connectivity index (χ2n) is 5.97. The van der Waals surface area contributed by atoms with Crippen molar-refractivity contribution in [1.29, 1.82) is 0 Å². The van der Waals surface area contributed by atoms with Crippen LogP contribution in [0.2, 0.25) is 0 Å². The van der Waals surface area contributed by atoms with Gasteiger partial charge in [0.25, 0.3) is 0 Å². The van der Waals surface area contributed by atoms with E-state index in [1.54, 1.807) is 7.11 Å². The molecule has 1 atom stereocenters. The van der Waals surface area contributed by atoms with Crippen molar-refractivity contribution in [1.82, 2.24) is 25.5 Å². The fourth-order valence-corrected chi connectivity index (χ4v) is 2.58. The summed E-state index contributed by atoms with van der Waals surface area (Å²) in [6.45, 7) is 3.66. The molecule has 1 aromatic heterocycles. The van der Waals surface area contributed by atoms with Crippen molar-refractivity contribution >= 4 is 5.91 Å². The minimum atomic E-state index is -0.122. The lowest BCUT2D eigenvalue weighted by molar-refractivity contribution is -0.124. The van der Waals surface area contributed by atoms with Gasteiger partial charge in [0, 0.05) is 57.3 Å². The standard InChI is InChI=1S/C15H23N5O2/c1-22-10-14-17-6-11(7-18-14)8-20-5-4-16-13(9-20)15(21)19-12-2-3-12/h6-7,12-13,16H,2-5,8-10H2,1H3,(H,19,21)/t13-/m0/s1. The molecule has 22 heavy (non-hydrogen) atoms. The van der Waals surface area contributed by atoms with Crippen LogP contribution in [0.3, 0.4) is 0 Å². The highest BCUT2D eigenvalue weighted by atomic mass is 16.5. The Balaban J connectivity index is 1.51. The number of amides is 1. The van der Waals surface area contributed by atoms with Gasteiger partial charge in [-0.05, 0) is 12.8 Å². The quantitative estimate of drug-likeness (QED) is 0.749. The van der Waals surface area contributed by atoms with Crippen LogP contribution < -0.4 is 10.6 Å². The normalized spacial score (nSPS) is 22.5. The van der Waals surface area contributed by atoms with E-state index in [9.17, 15) is 4.79 Å². The van der Waals surface area contributed by atoms with Crippen LogP contribution in [0.5, 0.6) is 0 Å². The first-order chi connectivity index (χ1) is 10.7. The zero-order valence-electron chi connectivity index (χ0n) is 12.9. The predicted octanol–water partition coefficient (Wildman–Crippen LogP) is -0.325. The van der Waals surface area contributed by atoms with Crippen LogP contribution in [-0.2, 0) is 22.7 Å². The Morgan fingerprint density at radius 1 is 1.45 bits per heavy atom. The van der Waals surface area contributed by atoms with Gasteiger partial charge in [0.05, 0.1) is 6.04 Å². The van der Waals surface area contributed by atoms with E-state index in [1.807, 2.05) is 12.4 Å². The minimum absolute atomic E-state index is 0.122. The number of methoxy groups -OCH3 is 1. The van der Waals surface area contributed by atoms with E-state index < -0.39 is 0 Å². The Bertz CT molecular complexity index is 503. The maximum Gasteiger partial charge on any atom is 0.238 e. The van der Waals surface area contributed by atoms with Gasteiger partial charge >= 0.3 is 0 Å². The van der Waals surface area contributed by atoms with Crippen molar-refractivity contribution in [2.24, 2.45) is 0 Å². The summed E-state index contributed by atoms with van der Waals surface area (Å²) in [6, 6.07) is 0.287. The highest BCUT2D eigenvalue weighted by Crippen LogP contribution is 2.19. The van der Waals surface area contributed by atoms with Gasteiger partial charge in [-0.1, -0.05) is 0 Å². The molecule has 7 heteroatoms. The van der Waals surface area contributed by atoms with Crippen LogP contribution in [0.15, 0.2) is 12.4 Å². The van der Waals surface area contributed by atoms with Gasteiger partial charge in [-0.3, -0.25) is 9.69 Å². The van der Waals surface area contributed by atoms with Gasteiger partial charge < -0.3 is 15.4 Å². The molecule has 120 valence electrons. The van der Waals surface area contributed by atoms with Crippen LogP contribution in [0.1, 0.15) is 24.2 Å². The SMILES string of the molecule is COCc1ncc(CN2CCN[C@H](C(=O)NC3CC3)C2)cn1. The topological polar surface area (TPSA) is 79.4 Å². The number of nitrogens with one attached hydrogen (secondary N) is 2. The van der Waals surface area contributed by atoms with Gasteiger partial charge in [-0.2, -0.15) is 0 Å². The first kappa shape index (κ1) is 15.3. The average Bonchev–Trinajstić information content (AvgIpc) is 3.34. The molecule has 7 nitrogen and oxygen atoms in total. The zero-order valence-corrected chi connectivity index (χ0v) is 12.9. The summed E-state index contributed by atoms with van der Waals surface area (Å²) in [4.78, 5) is 22.9. The van der Waals surface area contributed by atoms with Crippen LogP contribution in [0, 0.1) is 0 Å². The third-order valence-electron chi connectivity index (χ3n) is 3.94. The van der Waals surface area contributed by atoms with E-state index in [0.29, 0.717) is 18.5 Å². The fourth-order valence-electron chi connectivity index (χ4n) is 2.58. The molecule has 0 aromatic carbocycles. The first-order valence-corrected chi connectivity index (χ1v) is 7.79. The molecule has 1 saturated heterocycles. The molecular formula is C15H23N5O2. The number of piperazine rings is 1. The van der Waals surface area contributed by atoms with E-state index in [1.165, 1.54) is 0 Å². The number of rotatable bonds is 6. The molecular weight excluding hydrogens is 282 g/mol. The molecule has 1 amide bonds. The molecule has 1 saturated carbocycles. The maximum atomic E-state index is 12.1. The van der Waals surface area contributed by atoms with Crippen molar-refractivity contribution in [3.8, 4) is 0 Å². The number of ether oxygens (including phenoxy) is 1. The van der Waals surface area contributed by atoms with Gasteiger partial charge in [0.15, 0.2) is 5.82 Å². The van der Waals surface area contributed by atoms with Crippen molar-refractivity contribution in [3.05, 3.63) is 23.8 Å². The minimum Gasteiger partial charge on any atom is -0.377 e. The summed E-state index contributed by atoms with van der Waals surface area (Å²) >= 11 is 0. The lowest BCUT2D eigenvalue weighted by Crippen LogP contribution is -2.57. The molecule has 1 aliphatic heterocycles. The molecule has 3 rings (SSSR count). The van der Waals surface area contributed by atoms with Crippen LogP contribution in [0.4, 0.5) is 0 Å². The molecule has 1 aliphatic carbocycles. The Morgan fingerprint density at radius 3 is 2.91 bits per heavy atom. The predicted molar refractivity (Wildman–Crippen MR) is 81.0 cm³/mol. The molecule has 2 fully saturated rings. The largest absolute Gasteiger partial charge is 0.377 e. The highest BCUT2D eigenvalue weighted by molar-refractivity contribution is 5.82. The van der Waals surface area contributed by atoms with Crippen molar-refractivity contribution in [2.75, 3.05) is 26.7 Å². The van der Waals surface area contributed by atoms with E-state index in [0.717, 1.165) is 44.6 Å². The summed E-state index contributed by atoms with van der Waals surface area (Å²) < 4.78 is 5.01. The Kier molecular flexibility index (Phi) is 4.97. The Labute approximate surface area is 130 Å². The van der Waals surface area contributed by atoms with Crippen molar-refractivity contribution in [2.45, 2.75) is 38.1 Å². The summed E-state index contributed by atoms with van der Waals surface area (Å²) in [5.74, 6) is 0.812. The molecule has 2 heterocycles. The second kappa shape index (κ2) is 7.13. The number of aromatic nitrogens is 2. The van der Waals surface area contributed by atoms with Gasteiger partial charge in [-0.25, -0.2) is 9.97 Å². The number of hydrogen-bond acceptors (Lipinski definition) is 6.